The molecule has 0 spiro atoms. The summed E-state index contributed by atoms with van der Waals surface area (Å²) >= 11 is 0. The molecule has 0 aliphatic heterocycles. The lowest BCUT2D eigenvalue weighted by Crippen LogP contribution is -2.32. The summed E-state index contributed by atoms with van der Waals surface area (Å²) < 4.78 is 25.5. The van der Waals surface area contributed by atoms with Crippen LogP contribution >= 0.6 is 0 Å². The molecule has 1 rings (SSSR count). The van der Waals surface area contributed by atoms with E-state index in [0.29, 0.717) is 5.69 Å². The van der Waals surface area contributed by atoms with E-state index in [-0.39, 0.29) is 18.1 Å². The predicted octanol–water partition coefficient (Wildman–Crippen LogP) is 1.03. The number of rotatable bonds is 6. The number of sulfonamides is 1. The molecule has 0 fully saturated rings. The van der Waals surface area contributed by atoms with Crippen LogP contribution in [-0.2, 0) is 10.0 Å². The zero-order valence-electron chi connectivity index (χ0n) is 9.41. The number of aromatic nitrogens is 1. The number of hydrogen-bond acceptors (Lipinski definition) is 4. The molecule has 0 saturated heterocycles. The molecule has 0 saturated carbocycles. The Labute approximate surface area is 101 Å². The molecule has 5 nitrogen and oxygen atoms in total. The molecule has 0 radical (unpaired) electrons. The number of anilines is 1. The van der Waals surface area contributed by atoms with Crippen molar-refractivity contribution in [3.63, 3.8) is 0 Å². The molecule has 0 bridgehead atoms. The molecule has 1 heterocycles. The highest BCUT2D eigenvalue weighted by Crippen LogP contribution is 2.14. The van der Waals surface area contributed by atoms with Crippen LogP contribution in [0.5, 0.6) is 0 Å². The van der Waals surface area contributed by atoms with Crippen LogP contribution in [0.25, 0.3) is 0 Å². The van der Waals surface area contributed by atoms with E-state index in [9.17, 15) is 8.42 Å². The van der Waals surface area contributed by atoms with Gasteiger partial charge in [0.1, 0.15) is 0 Å². The van der Waals surface area contributed by atoms with E-state index in [1.807, 2.05) is 0 Å². The minimum Gasteiger partial charge on any atom is -0.397 e. The van der Waals surface area contributed by atoms with Crippen molar-refractivity contribution in [3.8, 4) is 0 Å². The normalized spacial score (nSPS) is 11.4. The number of hydrogen-bond donors (Lipinski definition) is 1. The second kappa shape index (κ2) is 5.60. The Morgan fingerprint density at radius 3 is 2.29 bits per heavy atom. The van der Waals surface area contributed by atoms with E-state index in [4.69, 9.17) is 5.73 Å². The Balaban J connectivity index is 3.10. The van der Waals surface area contributed by atoms with Crippen molar-refractivity contribution in [1.29, 1.82) is 0 Å². The van der Waals surface area contributed by atoms with E-state index >= 15 is 0 Å². The van der Waals surface area contributed by atoms with Crippen molar-refractivity contribution in [3.05, 3.63) is 43.6 Å². The van der Waals surface area contributed by atoms with Gasteiger partial charge in [0.25, 0.3) is 10.0 Å². The van der Waals surface area contributed by atoms with Crippen LogP contribution in [0.1, 0.15) is 0 Å². The van der Waals surface area contributed by atoms with Crippen LogP contribution in [0.3, 0.4) is 0 Å². The fourth-order valence-electron chi connectivity index (χ4n) is 1.24. The van der Waals surface area contributed by atoms with E-state index in [1.54, 1.807) is 0 Å². The summed E-state index contributed by atoms with van der Waals surface area (Å²) in [5.41, 5.74) is 5.88. The van der Waals surface area contributed by atoms with Crippen molar-refractivity contribution in [2.24, 2.45) is 0 Å². The Morgan fingerprint density at radius 2 is 1.88 bits per heavy atom. The van der Waals surface area contributed by atoms with Crippen LogP contribution in [0, 0.1) is 0 Å². The summed E-state index contributed by atoms with van der Waals surface area (Å²) in [5, 5.41) is -0.0320. The molecule has 2 N–H and O–H groups in total. The summed E-state index contributed by atoms with van der Waals surface area (Å²) in [6, 6.07) is 2.88. The van der Waals surface area contributed by atoms with Gasteiger partial charge in [0.2, 0.25) is 0 Å². The van der Waals surface area contributed by atoms with Crippen LogP contribution in [0.15, 0.2) is 48.7 Å². The van der Waals surface area contributed by atoms with Gasteiger partial charge in [-0.1, -0.05) is 12.2 Å². The highest BCUT2D eigenvalue weighted by Gasteiger charge is 2.23. The number of nitrogen functional groups attached to an aromatic ring is 1. The molecular formula is C11H15N3O2S. The molecule has 0 unspecified atom stereocenters. The molecule has 1 aromatic rings. The minimum absolute atomic E-state index is 0.0320. The van der Waals surface area contributed by atoms with Crippen LogP contribution in [-0.4, -0.2) is 30.8 Å². The third kappa shape index (κ3) is 3.15. The SMILES string of the molecule is C=CCN(CC=C)S(=O)(=O)c1ccc(N)cn1. The smallest absolute Gasteiger partial charge is 0.261 e. The largest absolute Gasteiger partial charge is 0.397 e. The van der Waals surface area contributed by atoms with Gasteiger partial charge in [-0.15, -0.1) is 13.2 Å². The van der Waals surface area contributed by atoms with Gasteiger partial charge in [-0.2, -0.15) is 4.31 Å². The minimum atomic E-state index is -3.62. The number of nitrogens with zero attached hydrogens (tertiary/aromatic N) is 2. The third-order valence-electron chi connectivity index (χ3n) is 2.03. The zero-order valence-corrected chi connectivity index (χ0v) is 10.2. The Kier molecular flexibility index (Phi) is 4.42. The van der Waals surface area contributed by atoms with Gasteiger partial charge in [-0.25, -0.2) is 13.4 Å². The van der Waals surface area contributed by atoms with Gasteiger partial charge >= 0.3 is 0 Å². The fraction of sp³-hybridized carbons (Fsp3) is 0.182. The maximum absolute atomic E-state index is 12.2. The van der Waals surface area contributed by atoms with Gasteiger partial charge in [0, 0.05) is 13.1 Å². The molecule has 0 aliphatic carbocycles. The Morgan fingerprint density at radius 1 is 1.29 bits per heavy atom. The average molecular weight is 253 g/mol. The summed E-state index contributed by atoms with van der Waals surface area (Å²) in [6.07, 6.45) is 4.34. The molecule has 92 valence electrons. The highest BCUT2D eigenvalue weighted by atomic mass is 32.2. The van der Waals surface area contributed by atoms with E-state index in [1.165, 1.54) is 34.8 Å². The van der Waals surface area contributed by atoms with E-state index in [2.05, 4.69) is 18.1 Å². The van der Waals surface area contributed by atoms with Crippen LogP contribution in [0.2, 0.25) is 0 Å². The van der Waals surface area contributed by atoms with Gasteiger partial charge in [-0.05, 0) is 12.1 Å². The first-order valence-electron chi connectivity index (χ1n) is 4.96. The van der Waals surface area contributed by atoms with Crippen molar-refractivity contribution >= 4 is 15.7 Å². The van der Waals surface area contributed by atoms with Crippen molar-refractivity contribution in [2.75, 3.05) is 18.8 Å². The first-order chi connectivity index (χ1) is 8.02. The number of nitrogens with two attached hydrogens (primary N) is 1. The lowest BCUT2D eigenvalue weighted by Gasteiger charge is -2.18. The molecule has 17 heavy (non-hydrogen) atoms. The van der Waals surface area contributed by atoms with E-state index < -0.39 is 10.0 Å². The van der Waals surface area contributed by atoms with Gasteiger partial charge in [0.15, 0.2) is 5.03 Å². The summed E-state index contributed by atoms with van der Waals surface area (Å²) in [6.45, 7) is 7.46. The van der Waals surface area contributed by atoms with E-state index in [0.717, 1.165) is 0 Å². The average Bonchev–Trinajstić information content (AvgIpc) is 2.29. The standard InChI is InChI=1S/C11H15N3O2S/c1-3-7-14(8-4-2)17(15,16)11-6-5-10(12)9-13-11/h3-6,9H,1-2,7-8,12H2. The first kappa shape index (κ1) is 13.4. The van der Waals surface area contributed by atoms with Gasteiger partial charge < -0.3 is 5.73 Å². The summed E-state index contributed by atoms with van der Waals surface area (Å²) in [7, 11) is -3.62. The zero-order chi connectivity index (χ0) is 12.9. The topological polar surface area (TPSA) is 76.3 Å². The molecule has 1 aromatic heterocycles. The molecule has 0 aliphatic rings. The summed E-state index contributed by atoms with van der Waals surface area (Å²) in [4.78, 5) is 3.81. The monoisotopic (exact) mass is 253 g/mol. The molecular weight excluding hydrogens is 238 g/mol. The van der Waals surface area contributed by atoms with Gasteiger partial charge in [-0.3, -0.25) is 0 Å². The van der Waals surface area contributed by atoms with Crippen LogP contribution < -0.4 is 5.73 Å². The second-order valence-corrected chi connectivity index (χ2v) is 5.21. The van der Waals surface area contributed by atoms with Crippen molar-refractivity contribution in [1.82, 2.24) is 9.29 Å². The fourth-order valence-corrected chi connectivity index (χ4v) is 2.53. The Hall–Kier alpha value is -1.66. The predicted molar refractivity (Wildman–Crippen MR) is 67.8 cm³/mol. The number of pyridine rings is 1. The lowest BCUT2D eigenvalue weighted by atomic mass is 10.4. The first-order valence-corrected chi connectivity index (χ1v) is 6.40. The second-order valence-electron chi connectivity index (χ2n) is 3.33. The molecule has 0 amide bonds. The maximum Gasteiger partial charge on any atom is 0.261 e. The van der Waals surface area contributed by atoms with Crippen molar-refractivity contribution in [2.45, 2.75) is 5.03 Å². The van der Waals surface area contributed by atoms with Crippen molar-refractivity contribution < 1.29 is 8.42 Å². The molecule has 0 atom stereocenters. The molecule has 6 heteroatoms. The quantitative estimate of drug-likeness (QED) is 0.768. The van der Waals surface area contributed by atoms with Gasteiger partial charge in [0.05, 0.1) is 11.9 Å². The Bertz CT molecular complexity index is 484. The highest BCUT2D eigenvalue weighted by molar-refractivity contribution is 7.89. The third-order valence-corrected chi connectivity index (χ3v) is 3.78. The maximum atomic E-state index is 12.2. The molecule has 0 aromatic carbocycles. The van der Waals surface area contributed by atoms with Crippen LogP contribution in [0.4, 0.5) is 5.69 Å². The summed E-state index contributed by atoms with van der Waals surface area (Å²) in [5.74, 6) is 0. The lowest BCUT2D eigenvalue weighted by molar-refractivity contribution is 0.471.